The molecule has 1 aromatic heterocycles. The highest BCUT2D eigenvalue weighted by Gasteiger charge is 2.14. The molecule has 0 spiro atoms. The zero-order valence-corrected chi connectivity index (χ0v) is 9.03. The van der Waals surface area contributed by atoms with Crippen molar-refractivity contribution in [2.45, 2.75) is 17.9 Å². The molecule has 81 valence electrons. The standard InChI is InChI=1S/C10H12NO3S/c1-14-8-4-5-9-15(12,13)10-6-2-3-7-11-10/h2-3,6-7H,4-5,8-9H2. The molecule has 5 heteroatoms. The fourth-order valence-electron chi connectivity index (χ4n) is 1.10. The molecule has 15 heavy (non-hydrogen) atoms. The predicted octanol–water partition coefficient (Wildman–Crippen LogP) is 1.20. The molecule has 1 rings (SSSR count). The van der Waals surface area contributed by atoms with E-state index in [0.717, 1.165) is 0 Å². The van der Waals surface area contributed by atoms with Gasteiger partial charge in [-0.25, -0.2) is 13.4 Å². The summed E-state index contributed by atoms with van der Waals surface area (Å²) in [5, 5.41) is 0.108. The van der Waals surface area contributed by atoms with Gasteiger partial charge in [0.2, 0.25) is 0 Å². The van der Waals surface area contributed by atoms with Crippen molar-refractivity contribution >= 4 is 9.84 Å². The minimum Gasteiger partial charge on any atom is -0.365 e. The van der Waals surface area contributed by atoms with Gasteiger partial charge in [-0.15, -0.1) is 0 Å². The summed E-state index contributed by atoms with van der Waals surface area (Å²) >= 11 is 0. The molecule has 0 bridgehead atoms. The van der Waals surface area contributed by atoms with Crippen LogP contribution in [0.3, 0.4) is 0 Å². The molecule has 0 saturated heterocycles. The second-order valence-electron chi connectivity index (χ2n) is 3.04. The van der Waals surface area contributed by atoms with E-state index in [-0.39, 0.29) is 17.4 Å². The Labute approximate surface area is 90.2 Å². The molecule has 0 N–H and O–H groups in total. The van der Waals surface area contributed by atoms with Gasteiger partial charge in [0.15, 0.2) is 22.0 Å². The number of nitrogens with zero attached hydrogens (tertiary/aromatic N) is 1. The van der Waals surface area contributed by atoms with Gasteiger partial charge in [0, 0.05) is 12.8 Å². The number of hydrogen-bond donors (Lipinski definition) is 0. The Balaban J connectivity index is 2.53. The molecule has 0 atom stereocenters. The van der Waals surface area contributed by atoms with Gasteiger partial charge in [0.1, 0.15) is 0 Å². The Morgan fingerprint density at radius 1 is 1.33 bits per heavy atom. The predicted molar refractivity (Wildman–Crippen MR) is 54.7 cm³/mol. The van der Waals surface area contributed by atoms with Gasteiger partial charge >= 0.3 is 0 Å². The molecule has 0 unspecified atom stereocenters. The maximum absolute atomic E-state index is 11.6. The number of ether oxygens (including phenoxy) is 1. The number of rotatable bonds is 6. The van der Waals surface area contributed by atoms with E-state index in [2.05, 4.69) is 9.72 Å². The molecule has 0 aromatic carbocycles. The van der Waals surface area contributed by atoms with Crippen molar-refractivity contribution in [1.29, 1.82) is 0 Å². The number of hydrogen-bond acceptors (Lipinski definition) is 4. The zero-order chi connectivity index (χ0) is 11.1. The van der Waals surface area contributed by atoms with Crippen LogP contribution in [0.1, 0.15) is 12.8 Å². The highest BCUT2D eigenvalue weighted by atomic mass is 32.2. The summed E-state index contributed by atoms with van der Waals surface area (Å²) in [6.07, 6.45) is 2.51. The van der Waals surface area contributed by atoms with E-state index >= 15 is 0 Å². The van der Waals surface area contributed by atoms with Crippen LogP contribution in [0, 0.1) is 7.11 Å². The van der Waals surface area contributed by atoms with E-state index in [1.807, 2.05) is 0 Å². The maximum Gasteiger partial charge on any atom is 0.195 e. The molecule has 0 saturated carbocycles. The average Bonchev–Trinajstić information content (AvgIpc) is 2.26. The first-order chi connectivity index (χ1) is 7.17. The van der Waals surface area contributed by atoms with Crippen LogP contribution < -0.4 is 0 Å². The number of sulfone groups is 1. The van der Waals surface area contributed by atoms with Crippen LogP contribution >= 0.6 is 0 Å². The van der Waals surface area contributed by atoms with Crippen LogP contribution in [0.5, 0.6) is 0 Å². The third-order valence-electron chi connectivity index (χ3n) is 1.87. The van der Waals surface area contributed by atoms with Gasteiger partial charge in [-0.05, 0) is 25.0 Å². The topological polar surface area (TPSA) is 56.3 Å². The van der Waals surface area contributed by atoms with Gasteiger partial charge < -0.3 is 4.74 Å². The molecule has 0 aliphatic heterocycles. The molecule has 3 radical (unpaired) electrons. The van der Waals surface area contributed by atoms with Gasteiger partial charge in [-0.1, -0.05) is 6.07 Å². The Hall–Kier alpha value is -0.940. The molecular formula is C10H12NO3S. The fraction of sp³-hybridized carbons (Fsp3) is 0.400. The van der Waals surface area contributed by atoms with Crippen molar-refractivity contribution < 1.29 is 13.2 Å². The Morgan fingerprint density at radius 3 is 2.73 bits per heavy atom. The Kier molecular flexibility index (Phi) is 4.71. The highest BCUT2D eigenvalue weighted by molar-refractivity contribution is 7.91. The smallest absolute Gasteiger partial charge is 0.195 e. The highest BCUT2D eigenvalue weighted by Crippen LogP contribution is 2.08. The fourth-order valence-corrected chi connectivity index (χ4v) is 2.40. The zero-order valence-electron chi connectivity index (χ0n) is 8.22. The van der Waals surface area contributed by atoms with Crippen LogP contribution in [0.2, 0.25) is 0 Å². The summed E-state index contributed by atoms with van der Waals surface area (Å²) in [6, 6.07) is 4.80. The van der Waals surface area contributed by atoms with Crippen molar-refractivity contribution in [2.75, 3.05) is 12.4 Å². The van der Waals surface area contributed by atoms with Crippen LogP contribution in [0.15, 0.2) is 29.4 Å². The van der Waals surface area contributed by atoms with Gasteiger partial charge in [0.05, 0.1) is 5.75 Å². The second-order valence-corrected chi connectivity index (χ2v) is 5.10. The number of pyridine rings is 1. The summed E-state index contributed by atoms with van der Waals surface area (Å²) in [7, 11) is 3.17. The monoisotopic (exact) mass is 226 g/mol. The van der Waals surface area contributed by atoms with Crippen LogP contribution in [0.25, 0.3) is 0 Å². The minimum absolute atomic E-state index is 0.0490. The third kappa shape index (κ3) is 3.97. The van der Waals surface area contributed by atoms with E-state index in [4.69, 9.17) is 7.11 Å². The summed E-state index contributed by atoms with van der Waals surface area (Å²) in [5.74, 6) is 0.0490. The van der Waals surface area contributed by atoms with Crippen molar-refractivity contribution in [2.24, 2.45) is 0 Å². The van der Waals surface area contributed by atoms with E-state index in [0.29, 0.717) is 12.8 Å². The summed E-state index contributed by atoms with van der Waals surface area (Å²) in [5.41, 5.74) is 0. The van der Waals surface area contributed by atoms with Gasteiger partial charge in [-0.3, -0.25) is 0 Å². The minimum atomic E-state index is -3.27. The van der Waals surface area contributed by atoms with Gasteiger partial charge in [-0.2, -0.15) is 0 Å². The average molecular weight is 226 g/mol. The first kappa shape index (κ1) is 12.1. The quantitative estimate of drug-likeness (QED) is 0.684. The van der Waals surface area contributed by atoms with Crippen molar-refractivity contribution in [3.63, 3.8) is 0 Å². The van der Waals surface area contributed by atoms with Crippen LogP contribution in [-0.4, -0.2) is 25.8 Å². The van der Waals surface area contributed by atoms with E-state index in [9.17, 15) is 8.42 Å². The molecule has 1 aromatic rings. The number of aromatic nitrogens is 1. The summed E-state index contributed by atoms with van der Waals surface area (Å²) < 4.78 is 27.4. The summed E-state index contributed by atoms with van der Waals surface area (Å²) in [4.78, 5) is 3.79. The molecule has 0 amide bonds. The Morgan fingerprint density at radius 2 is 2.13 bits per heavy atom. The summed E-state index contributed by atoms with van der Waals surface area (Å²) in [6.45, 7) is 0.262. The van der Waals surface area contributed by atoms with Crippen molar-refractivity contribution in [3.8, 4) is 0 Å². The van der Waals surface area contributed by atoms with Crippen molar-refractivity contribution in [1.82, 2.24) is 4.98 Å². The first-order valence-corrected chi connectivity index (χ1v) is 6.24. The maximum atomic E-state index is 11.6. The lowest BCUT2D eigenvalue weighted by molar-refractivity contribution is 0.236. The van der Waals surface area contributed by atoms with Crippen LogP contribution in [-0.2, 0) is 14.6 Å². The van der Waals surface area contributed by atoms with E-state index < -0.39 is 9.84 Å². The van der Waals surface area contributed by atoms with E-state index in [1.165, 1.54) is 12.3 Å². The number of unbranched alkanes of at least 4 members (excludes halogenated alkanes) is 1. The van der Waals surface area contributed by atoms with E-state index in [1.54, 1.807) is 12.1 Å². The van der Waals surface area contributed by atoms with Crippen molar-refractivity contribution in [3.05, 3.63) is 31.5 Å². The third-order valence-corrected chi connectivity index (χ3v) is 3.57. The lowest BCUT2D eigenvalue weighted by Crippen LogP contribution is -2.09. The normalized spacial score (nSPS) is 11.5. The van der Waals surface area contributed by atoms with Crippen LogP contribution in [0.4, 0.5) is 0 Å². The van der Waals surface area contributed by atoms with Gasteiger partial charge in [0.25, 0.3) is 0 Å². The molecule has 1 heterocycles. The Bertz CT molecular complexity index is 375. The molecule has 0 aliphatic carbocycles. The molecular weight excluding hydrogens is 214 g/mol. The SMILES string of the molecule is [C]OCCCCS(=O)(=O)c1ccccn1. The second kappa shape index (κ2) is 5.82. The lowest BCUT2D eigenvalue weighted by atomic mass is 10.4. The molecule has 4 nitrogen and oxygen atoms in total. The largest absolute Gasteiger partial charge is 0.365 e. The first-order valence-electron chi connectivity index (χ1n) is 4.59. The lowest BCUT2D eigenvalue weighted by Gasteiger charge is -2.02. The molecule has 0 aliphatic rings. The molecule has 0 fully saturated rings.